The highest BCUT2D eigenvalue weighted by Gasteiger charge is 2.04. The van der Waals surface area contributed by atoms with E-state index in [-0.39, 0.29) is 0 Å². The first-order chi connectivity index (χ1) is 9.54. The van der Waals surface area contributed by atoms with Crippen LogP contribution in [-0.2, 0) is 11.9 Å². The average molecular weight is 313 g/mol. The molecule has 0 spiro atoms. The molecular formula is C12H10Cl2N4O2. The van der Waals surface area contributed by atoms with Crippen molar-refractivity contribution in [3.05, 3.63) is 46.2 Å². The van der Waals surface area contributed by atoms with Crippen LogP contribution < -0.4 is 5.32 Å². The molecule has 0 aliphatic carbocycles. The fraction of sp³-hybridized carbons (Fsp3) is 0.0833. The van der Waals surface area contributed by atoms with Gasteiger partial charge in [0.25, 0.3) is 0 Å². The molecular weight excluding hydrogens is 303 g/mol. The lowest BCUT2D eigenvalue weighted by atomic mass is 10.3. The van der Waals surface area contributed by atoms with Crippen LogP contribution in [0.3, 0.4) is 0 Å². The highest BCUT2D eigenvalue weighted by atomic mass is 35.5. The summed E-state index contributed by atoms with van der Waals surface area (Å²) in [5.74, 6) is 0. The molecule has 0 saturated heterocycles. The number of carbonyl (C=O) groups excluding carboxylic acids is 1. The molecule has 8 heteroatoms. The number of hydrogen-bond acceptors (Lipinski definition) is 4. The molecule has 0 bridgehead atoms. The van der Waals surface area contributed by atoms with Gasteiger partial charge >= 0.3 is 6.09 Å². The Bertz CT molecular complexity index is 637. The third-order valence-corrected chi connectivity index (χ3v) is 2.75. The zero-order valence-electron chi connectivity index (χ0n) is 10.4. The number of amides is 1. The Morgan fingerprint density at radius 1 is 1.40 bits per heavy atom. The number of carbonyl (C=O) groups is 1. The Morgan fingerprint density at radius 2 is 2.10 bits per heavy atom. The fourth-order valence-electron chi connectivity index (χ4n) is 1.36. The average Bonchev–Trinajstić information content (AvgIpc) is 2.71. The first-order valence-electron chi connectivity index (χ1n) is 5.50. The van der Waals surface area contributed by atoms with Crippen LogP contribution >= 0.6 is 23.2 Å². The molecule has 1 heterocycles. The topological polar surface area (TPSA) is 68.5 Å². The molecule has 0 unspecified atom stereocenters. The van der Waals surface area contributed by atoms with Gasteiger partial charge in [-0.15, -0.1) is 0 Å². The number of nitrogens with zero attached hydrogens (tertiary/aromatic N) is 3. The van der Waals surface area contributed by atoms with Gasteiger partial charge in [0, 0.05) is 24.0 Å². The van der Waals surface area contributed by atoms with Crippen LogP contribution in [0.15, 0.2) is 35.6 Å². The van der Waals surface area contributed by atoms with Crippen LogP contribution in [0.5, 0.6) is 0 Å². The Labute approximate surface area is 124 Å². The van der Waals surface area contributed by atoms with E-state index >= 15 is 0 Å². The smallest absolute Gasteiger partial charge is 0.298 e. The van der Waals surface area contributed by atoms with Crippen LogP contribution in [0.1, 0.15) is 5.69 Å². The maximum Gasteiger partial charge on any atom is 0.437 e. The number of hydrogen-bond donors (Lipinski definition) is 1. The number of anilines is 1. The summed E-state index contributed by atoms with van der Waals surface area (Å²) in [6.07, 6.45) is 2.14. The number of rotatable bonds is 3. The Balaban J connectivity index is 1.89. The number of halogens is 2. The van der Waals surface area contributed by atoms with Gasteiger partial charge in [-0.05, 0) is 24.3 Å². The van der Waals surface area contributed by atoms with Gasteiger partial charge < -0.3 is 0 Å². The van der Waals surface area contributed by atoms with Crippen LogP contribution in [0.25, 0.3) is 0 Å². The number of aryl methyl sites for hydroxylation is 1. The third kappa shape index (κ3) is 3.97. The first-order valence-corrected chi connectivity index (χ1v) is 6.26. The molecule has 1 N–H and O–H groups in total. The maximum atomic E-state index is 11.4. The van der Waals surface area contributed by atoms with Gasteiger partial charge in [0.05, 0.1) is 11.2 Å². The number of benzene rings is 1. The third-order valence-electron chi connectivity index (χ3n) is 2.21. The predicted molar refractivity (Wildman–Crippen MR) is 77.4 cm³/mol. The molecule has 1 amide bonds. The molecule has 0 saturated carbocycles. The second kappa shape index (κ2) is 6.40. The highest BCUT2D eigenvalue weighted by molar-refractivity contribution is 6.32. The Hall–Kier alpha value is -2.05. The molecule has 2 rings (SSSR count). The summed E-state index contributed by atoms with van der Waals surface area (Å²) in [6.45, 7) is 0. The molecule has 0 fully saturated rings. The summed E-state index contributed by atoms with van der Waals surface area (Å²) in [6, 6.07) is 6.58. The van der Waals surface area contributed by atoms with E-state index in [4.69, 9.17) is 23.2 Å². The molecule has 0 radical (unpaired) electrons. The highest BCUT2D eigenvalue weighted by Crippen LogP contribution is 2.13. The zero-order chi connectivity index (χ0) is 14.5. The van der Waals surface area contributed by atoms with Crippen molar-refractivity contribution >= 4 is 41.2 Å². The molecule has 0 aliphatic rings. The van der Waals surface area contributed by atoms with Crippen molar-refractivity contribution in [3.63, 3.8) is 0 Å². The van der Waals surface area contributed by atoms with E-state index in [1.165, 1.54) is 10.9 Å². The van der Waals surface area contributed by atoms with E-state index in [9.17, 15) is 4.79 Å². The van der Waals surface area contributed by atoms with Gasteiger partial charge in [-0.1, -0.05) is 28.4 Å². The van der Waals surface area contributed by atoms with Gasteiger partial charge in [-0.3, -0.25) is 14.8 Å². The van der Waals surface area contributed by atoms with Crippen LogP contribution in [0, 0.1) is 0 Å². The summed E-state index contributed by atoms with van der Waals surface area (Å²) < 4.78 is 1.53. The Kier molecular flexibility index (Phi) is 4.60. The van der Waals surface area contributed by atoms with Gasteiger partial charge in [-0.2, -0.15) is 5.10 Å². The Morgan fingerprint density at radius 3 is 2.70 bits per heavy atom. The van der Waals surface area contributed by atoms with Crippen molar-refractivity contribution in [1.29, 1.82) is 0 Å². The van der Waals surface area contributed by atoms with E-state index in [1.807, 2.05) is 0 Å². The minimum Gasteiger partial charge on any atom is -0.298 e. The lowest BCUT2D eigenvalue weighted by Gasteiger charge is -2.01. The predicted octanol–water partition coefficient (Wildman–Crippen LogP) is 3.31. The van der Waals surface area contributed by atoms with Gasteiger partial charge in [0.15, 0.2) is 0 Å². The minimum absolute atomic E-state index is 0.411. The minimum atomic E-state index is -0.726. The number of aromatic nitrogens is 2. The van der Waals surface area contributed by atoms with Gasteiger partial charge in [-0.25, -0.2) is 4.79 Å². The van der Waals surface area contributed by atoms with Crippen LogP contribution in [0.2, 0.25) is 10.0 Å². The van der Waals surface area contributed by atoms with Crippen molar-refractivity contribution in [3.8, 4) is 0 Å². The van der Waals surface area contributed by atoms with Crippen molar-refractivity contribution in [1.82, 2.24) is 9.78 Å². The number of oxime groups is 1. The van der Waals surface area contributed by atoms with E-state index in [0.717, 1.165) is 0 Å². The van der Waals surface area contributed by atoms with Crippen molar-refractivity contribution in [2.75, 3.05) is 5.32 Å². The first kappa shape index (κ1) is 14.4. The standard InChI is InChI=1S/C12H10Cl2N4O2/c1-18-7-10(14)11(17-18)6-15-20-12(19)16-9-4-2-8(13)3-5-9/h2-7H,1H3,(H,16,19)/b15-6+. The summed E-state index contributed by atoms with van der Waals surface area (Å²) in [7, 11) is 1.72. The molecule has 2 aromatic rings. The molecule has 1 aromatic heterocycles. The quantitative estimate of drug-likeness (QED) is 0.537. The van der Waals surface area contributed by atoms with Crippen molar-refractivity contribution in [2.45, 2.75) is 0 Å². The largest absolute Gasteiger partial charge is 0.437 e. The SMILES string of the molecule is Cn1cc(Cl)c(/C=N/OC(=O)Nc2ccc(Cl)cc2)n1. The lowest BCUT2D eigenvalue weighted by Crippen LogP contribution is -2.10. The molecule has 20 heavy (non-hydrogen) atoms. The lowest BCUT2D eigenvalue weighted by molar-refractivity contribution is 0.167. The van der Waals surface area contributed by atoms with Gasteiger partial charge in [0.1, 0.15) is 5.69 Å². The summed E-state index contributed by atoms with van der Waals surface area (Å²) in [4.78, 5) is 16.1. The number of nitrogens with one attached hydrogen (secondary N) is 1. The summed E-state index contributed by atoms with van der Waals surface area (Å²) in [5.41, 5.74) is 0.957. The molecule has 1 aromatic carbocycles. The zero-order valence-corrected chi connectivity index (χ0v) is 11.9. The molecule has 0 atom stereocenters. The second-order valence-electron chi connectivity index (χ2n) is 3.78. The summed E-state index contributed by atoms with van der Waals surface area (Å²) >= 11 is 11.6. The van der Waals surface area contributed by atoms with Crippen molar-refractivity contribution < 1.29 is 9.63 Å². The molecule has 0 aliphatic heterocycles. The van der Waals surface area contributed by atoms with E-state index in [0.29, 0.717) is 21.4 Å². The van der Waals surface area contributed by atoms with Crippen LogP contribution in [0.4, 0.5) is 10.5 Å². The molecule has 6 nitrogen and oxygen atoms in total. The van der Waals surface area contributed by atoms with Crippen LogP contribution in [-0.4, -0.2) is 22.1 Å². The van der Waals surface area contributed by atoms with Gasteiger partial charge in [0.2, 0.25) is 0 Å². The van der Waals surface area contributed by atoms with E-state index < -0.39 is 6.09 Å². The van der Waals surface area contributed by atoms with E-state index in [2.05, 4.69) is 20.4 Å². The van der Waals surface area contributed by atoms with Crippen molar-refractivity contribution in [2.24, 2.45) is 12.2 Å². The van der Waals surface area contributed by atoms with E-state index in [1.54, 1.807) is 37.5 Å². The monoisotopic (exact) mass is 312 g/mol. The summed E-state index contributed by atoms with van der Waals surface area (Å²) in [5, 5.41) is 11.0. The second-order valence-corrected chi connectivity index (χ2v) is 4.62. The molecule has 104 valence electrons. The normalized spacial score (nSPS) is 10.8. The fourth-order valence-corrected chi connectivity index (χ4v) is 1.72. The maximum absolute atomic E-state index is 11.4.